The summed E-state index contributed by atoms with van der Waals surface area (Å²) in [5, 5.41) is 7.40. The zero-order valence-corrected chi connectivity index (χ0v) is 13.4. The van der Waals surface area contributed by atoms with Crippen molar-refractivity contribution in [2.75, 3.05) is 6.54 Å². The molecule has 25 heavy (non-hydrogen) atoms. The van der Waals surface area contributed by atoms with Gasteiger partial charge in [-0.3, -0.25) is 9.89 Å². The standard InChI is InChI=1S/C19H16FN3O2/c20-14-5-3-13(4-6-14)19-16-12-23(10-9-17(16)21-22-19)18(24)8-7-15-2-1-11-25-15/h1-8,11H,9-10,12H2,(H,21,22)/b8-7+. The minimum Gasteiger partial charge on any atom is -0.465 e. The number of aromatic nitrogens is 2. The summed E-state index contributed by atoms with van der Waals surface area (Å²) >= 11 is 0. The molecule has 6 heteroatoms. The van der Waals surface area contributed by atoms with E-state index in [0.29, 0.717) is 25.3 Å². The van der Waals surface area contributed by atoms with E-state index in [2.05, 4.69) is 10.2 Å². The lowest BCUT2D eigenvalue weighted by molar-refractivity contribution is -0.126. The van der Waals surface area contributed by atoms with E-state index in [9.17, 15) is 9.18 Å². The number of amides is 1. The van der Waals surface area contributed by atoms with Gasteiger partial charge in [0, 0.05) is 42.4 Å². The van der Waals surface area contributed by atoms with Crippen molar-refractivity contribution >= 4 is 12.0 Å². The largest absolute Gasteiger partial charge is 0.465 e. The third kappa shape index (κ3) is 3.10. The molecule has 3 aromatic rings. The quantitative estimate of drug-likeness (QED) is 0.745. The number of furan rings is 1. The highest BCUT2D eigenvalue weighted by molar-refractivity contribution is 5.91. The molecule has 3 heterocycles. The summed E-state index contributed by atoms with van der Waals surface area (Å²) in [7, 11) is 0. The van der Waals surface area contributed by atoms with Crippen molar-refractivity contribution < 1.29 is 13.6 Å². The van der Waals surface area contributed by atoms with Crippen molar-refractivity contribution in [3.8, 4) is 11.3 Å². The average Bonchev–Trinajstić information content (AvgIpc) is 3.29. The molecule has 0 aliphatic carbocycles. The first-order chi connectivity index (χ1) is 12.2. The maximum atomic E-state index is 13.1. The van der Waals surface area contributed by atoms with Crippen LogP contribution in [0.2, 0.25) is 0 Å². The van der Waals surface area contributed by atoms with E-state index in [4.69, 9.17) is 4.42 Å². The van der Waals surface area contributed by atoms with Gasteiger partial charge in [-0.1, -0.05) is 0 Å². The Labute approximate surface area is 143 Å². The second-order valence-corrected chi connectivity index (χ2v) is 5.89. The van der Waals surface area contributed by atoms with Crippen LogP contribution < -0.4 is 0 Å². The van der Waals surface area contributed by atoms with Gasteiger partial charge in [0.15, 0.2) is 0 Å². The number of aromatic amines is 1. The third-order valence-electron chi connectivity index (χ3n) is 4.30. The van der Waals surface area contributed by atoms with Gasteiger partial charge < -0.3 is 9.32 Å². The fraction of sp³-hybridized carbons (Fsp3) is 0.158. The van der Waals surface area contributed by atoms with Crippen LogP contribution in [-0.2, 0) is 17.8 Å². The van der Waals surface area contributed by atoms with Crippen molar-refractivity contribution in [1.29, 1.82) is 0 Å². The third-order valence-corrected chi connectivity index (χ3v) is 4.30. The summed E-state index contributed by atoms with van der Waals surface area (Å²) in [4.78, 5) is 14.2. The number of halogens is 1. The minimum absolute atomic E-state index is 0.0756. The predicted molar refractivity (Wildman–Crippen MR) is 90.8 cm³/mol. The summed E-state index contributed by atoms with van der Waals surface area (Å²) < 4.78 is 18.3. The molecule has 2 aromatic heterocycles. The molecule has 0 unspecified atom stereocenters. The first kappa shape index (κ1) is 15.4. The van der Waals surface area contributed by atoms with Gasteiger partial charge in [-0.2, -0.15) is 5.10 Å². The Morgan fingerprint density at radius 3 is 2.88 bits per heavy atom. The monoisotopic (exact) mass is 337 g/mol. The fourth-order valence-electron chi connectivity index (χ4n) is 2.97. The Balaban J connectivity index is 1.55. The van der Waals surface area contributed by atoms with Crippen LogP contribution in [-0.4, -0.2) is 27.5 Å². The first-order valence-electron chi connectivity index (χ1n) is 8.03. The van der Waals surface area contributed by atoms with Gasteiger partial charge in [0.05, 0.1) is 12.0 Å². The molecule has 0 atom stereocenters. The molecule has 0 spiro atoms. The van der Waals surface area contributed by atoms with Gasteiger partial charge in [0.1, 0.15) is 11.6 Å². The molecule has 4 rings (SSSR count). The number of carbonyl (C=O) groups is 1. The van der Waals surface area contributed by atoms with E-state index in [-0.39, 0.29) is 11.7 Å². The summed E-state index contributed by atoms with van der Waals surface area (Å²) in [6.07, 6.45) is 5.46. The van der Waals surface area contributed by atoms with Crippen LogP contribution in [0.1, 0.15) is 17.0 Å². The molecule has 0 saturated carbocycles. The van der Waals surface area contributed by atoms with Crippen LogP contribution in [0.4, 0.5) is 4.39 Å². The number of fused-ring (bicyclic) bond motifs is 1. The van der Waals surface area contributed by atoms with Gasteiger partial charge in [0.2, 0.25) is 5.91 Å². The topological polar surface area (TPSA) is 62.1 Å². The Kier molecular flexibility index (Phi) is 3.93. The molecule has 126 valence electrons. The zero-order chi connectivity index (χ0) is 17.2. The molecule has 0 radical (unpaired) electrons. The number of nitrogens with one attached hydrogen (secondary N) is 1. The summed E-state index contributed by atoms with van der Waals surface area (Å²) in [5.41, 5.74) is 3.61. The van der Waals surface area contributed by atoms with E-state index in [1.807, 2.05) is 0 Å². The van der Waals surface area contributed by atoms with E-state index in [0.717, 1.165) is 22.5 Å². The fourth-order valence-corrected chi connectivity index (χ4v) is 2.97. The van der Waals surface area contributed by atoms with Crippen LogP contribution in [0.3, 0.4) is 0 Å². The molecule has 5 nitrogen and oxygen atoms in total. The number of hydrogen-bond donors (Lipinski definition) is 1. The van der Waals surface area contributed by atoms with Crippen molar-refractivity contribution in [3.63, 3.8) is 0 Å². The van der Waals surface area contributed by atoms with Crippen LogP contribution in [0.15, 0.2) is 53.2 Å². The molecule has 0 saturated heterocycles. The first-order valence-corrected chi connectivity index (χ1v) is 8.03. The van der Waals surface area contributed by atoms with E-state index in [1.165, 1.54) is 18.2 Å². The normalized spacial score (nSPS) is 14.0. The van der Waals surface area contributed by atoms with Crippen LogP contribution in [0.25, 0.3) is 17.3 Å². The number of hydrogen-bond acceptors (Lipinski definition) is 3. The molecule has 1 aliphatic heterocycles. The smallest absolute Gasteiger partial charge is 0.247 e. The van der Waals surface area contributed by atoms with Crippen LogP contribution >= 0.6 is 0 Å². The van der Waals surface area contributed by atoms with E-state index < -0.39 is 0 Å². The van der Waals surface area contributed by atoms with Gasteiger partial charge >= 0.3 is 0 Å². The molecule has 1 amide bonds. The lowest BCUT2D eigenvalue weighted by Crippen LogP contribution is -2.34. The predicted octanol–water partition coefficient (Wildman–Crippen LogP) is 3.41. The highest BCUT2D eigenvalue weighted by Crippen LogP contribution is 2.28. The number of benzene rings is 1. The molecule has 1 aliphatic rings. The zero-order valence-electron chi connectivity index (χ0n) is 13.4. The van der Waals surface area contributed by atoms with E-state index >= 15 is 0 Å². The van der Waals surface area contributed by atoms with E-state index in [1.54, 1.807) is 41.5 Å². The van der Waals surface area contributed by atoms with Crippen molar-refractivity contribution in [1.82, 2.24) is 15.1 Å². The maximum absolute atomic E-state index is 13.1. The van der Waals surface area contributed by atoms with Crippen molar-refractivity contribution in [3.05, 3.63) is 71.6 Å². The van der Waals surface area contributed by atoms with Gasteiger partial charge in [0.25, 0.3) is 0 Å². The summed E-state index contributed by atoms with van der Waals surface area (Å²) in [6, 6.07) is 9.79. The number of H-pyrrole nitrogens is 1. The Morgan fingerprint density at radius 1 is 1.28 bits per heavy atom. The summed E-state index contributed by atoms with van der Waals surface area (Å²) in [6.45, 7) is 1.10. The molecule has 1 N–H and O–H groups in total. The minimum atomic E-state index is -0.284. The molecular weight excluding hydrogens is 321 g/mol. The maximum Gasteiger partial charge on any atom is 0.247 e. The van der Waals surface area contributed by atoms with Crippen molar-refractivity contribution in [2.45, 2.75) is 13.0 Å². The Hall–Kier alpha value is -3.15. The number of nitrogens with zero attached hydrogens (tertiary/aromatic N) is 2. The van der Waals surface area contributed by atoms with Crippen molar-refractivity contribution in [2.24, 2.45) is 0 Å². The van der Waals surface area contributed by atoms with Gasteiger partial charge in [-0.25, -0.2) is 4.39 Å². The Morgan fingerprint density at radius 2 is 2.12 bits per heavy atom. The molecule has 0 bridgehead atoms. The number of carbonyl (C=O) groups excluding carboxylic acids is 1. The molecule has 0 fully saturated rings. The SMILES string of the molecule is O=C(/C=C/c1ccco1)N1CCc2[nH]nc(-c3ccc(F)cc3)c2C1. The highest BCUT2D eigenvalue weighted by Gasteiger charge is 2.24. The second kappa shape index (κ2) is 6.39. The molecular formula is C19H16FN3O2. The average molecular weight is 337 g/mol. The van der Waals surface area contributed by atoms with Gasteiger partial charge in [-0.05, 0) is 42.5 Å². The van der Waals surface area contributed by atoms with Gasteiger partial charge in [-0.15, -0.1) is 0 Å². The molecule has 1 aromatic carbocycles. The number of rotatable bonds is 3. The van der Waals surface area contributed by atoms with Crippen LogP contribution in [0.5, 0.6) is 0 Å². The lowest BCUT2D eigenvalue weighted by Gasteiger charge is -2.26. The lowest BCUT2D eigenvalue weighted by atomic mass is 10.0. The van der Waals surface area contributed by atoms with Crippen LogP contribution in [0, 0.1) is 5.82 Å². The second-order valence-electron chi connectivity index (χ2n) is 5.89. The summed E-state index contributed by atoms with van der Waals surface area (Å²) in [5.74, 6) is 0.280. The highest BCUT2D eigenvalue weighted by atomic mass is 19.1. The Bertz CT molecular complexity index is 911.